The summed E-state index contributed by atoms with van der Waals surface area (Å²) < 4.78 is 36.6. The zero-order valence-corrected chi connectivity index (χ0v) is 13.5. The Bertz CT molecular complexity index is 385. The van der Waals surface area contributed by atoms with Crippen LogP contribution >= 0.6 is 15.9 Å². The molecule has 0 saturated heterocycles. The van der Waals surface area contributed by atoms with Crippen LogP contribution in [0, 0.1) is 11.8 Å². The highest BCUT2D eigenvalue weighted by molar-refractivity contribution is 9.09. The van der Waals surface area contributed by atoms with Gasteiger partial charge in [-0.05, 0) is 19.8 Å². The molecule has 0 bridgehead atoms. The smallest absolute Gasteiger partial charge is 0.356 e. The van der Waals surface area contributed by atoms with Gasteiger partial charge in [0, 0.05) is 24.2 Å². The highest BCUT2D eigenvalue weighted by Gasteiger charge is 2.44. The number of hydrogen-bond donors (Lipinski definition) is 1. The van der Waals surface area contributed by atoms with Crippen LogP contribution in [0.4, 0.5) is 13.2 Å². The van der Waals surface area contributed by atoms with Crippen LogP contribution in [0.1, 0.15) is 33.1 Å². The number of ketones is 2. The minimum atomic E-state index is -5.03. The standard InChI is InChI=1S/C13H19BrF3NO3/c1-8(12(21)18-6-4-3-5-14)7-10(19)9(2)11(20)13(15,16)17/h8-9H,3-7H2,1-2H3,(H,18,21)/t8-,9+/m1/s1. The van der Waals surface area contributed by atoms with Gasteiger partial charge in [-0.15, -0.1) is 0 Å². The van der Waals surface area contributed by atoms with Gasteiger partial charge in [-0.3, -0.25) is 14.4 Å². The fourth-order valence-electron chi connectivity index (χ4n) is 1.57. The van der Waals surface area contributed by atoms with E-state index in [9.17, 15) is 27.6 Å². The number of nitrogens with one attached hydrogen (secondary N) is 1. The first-order valence-electron chi connectivity index (χ1n) is 6.58. The summed E-state index contributed by atoms with van der Waals surface area (Å²) in [6, 6.07) is 0. The maximum atomic E-state index is 12.2. The number of Topliss-reactive ketones (excluding diaryl/α,β-unsaturated/α-hetero) is 2. The van der Waals surface area contributed by atoms with Gasteiger partial charge in [-0.2, -0.15) is 13.2 Å². The first kappa shape index (κ1) is 20.1. The van der Waals surface area contributed by atoms with Crippen LogP contribution in [0.2, 0.25) is 0 Å². The third-order valence-corrected chi connectivity index (χ3v) is 3.53. The van der Waals surface area contributed by atoms with Gasteiger partial charge >= 0.3 is 6.18 Å². The van der Waals surface area contributed by atoms with Gasteiger partial charge in [-0.1, -0.05) is 22.9 Å². The third kappa shape index (κ3) is 7.59. The minimum Gasteiger partial charge on any atom is -0.356 e. The summed E-state index contributed by atoms with van der Waals surface area (Å²) in [6.07, 6.45) is -3.77. The summed E-state index contributed by atoms with van der Waals surface area (Å²) >= 11 is 3.24. The topological polar surface area (TPSA) is 63.2 Å². The number of alkyl halides is 4. The van der Waals surface area contributed by atoms with Crippen molar-refractivity contribution in [3.05, 3.63) is 0 Å². The lowest BCUT2D eigenvalue weighted by Gasteiger charge is -2.15. The molecule has 0 rings (SSSR count). The molecule has 1 amide bonds. The molecule has 2 atom stereocenters. The highest BCUT2D eigenvalue weighted by atomic mass is 79.9. The summed E-state index contributed by atoms with van der Waals surface area (Å²) in [4.78, 5) is 34.2. The monoisotopic (exact) mass is 373 g/mol. The second kappa shape index (κ2) is 9.17. The zero-order valence-electron chi connectivity index (χ0n) is 11.9. The van der Waals surface area contributed by atoms with E-state index in [1.807, 2.05) is 0 Å². The van der Waals surface area contributed by atoms with Crippen molar-refractivity contribution in [3.63, 3.8) is 0 Å². The largest absolute Gasteiger partial charge is 0.450 e. The van der Waals surface area contributed by atoms with Crippen LogP contribution in [0.3, 0.4) is 0 Å². The lowest BCUT2D eigenvalue weighted by Crippen LogP contribution is -2.36. The Kier molecular flexibility index (Phi) is 8.77. The first-order valence-corrected chi connectivity index (χ1v) is 7.70. The van der Waals surface area contributed by atoms with E-state index in [1.165, 1.54) is 6.92 Å². The van der Waals surface area contributed by atoms with E-state index in [4.69, 9.17) is 0 Å². The Morgan fingerprint density at radius 1 is 1.14 bits per heavy atom. The van der Waals surface area contributed by atoms with Gasteiger partial charge in [0.25, 0.3) is 0 Å². The van der Waals surface area contributed by atoms with E-state index in [1.54, 1.807) is 0 Å². The van der Waals surface area contributed by atoms with Crippen molar-refractivity contribution in [1.29, 1.82) is 0 Å². The minimum absolute atomic E-state index is 0.382. The van der Waals surface area contributed by atoms with Gasteiger partial charge in [-0.25, -0.2) is 0 Å². The van der Waals surface area contributed by atoms with Crippen LogP contribution in [0.15, 0.2) is 0 Å². The molecule has 122 valence electrons. The molecular weight excluding hydrogens is 355 g/mol. The van der Waals surface area contributed by atoms with E-state index in [0.717, 1.165) is 25.1 Å². The number of hydrogen-bond acceptors (Lipinski definition) is 3. The van der Waals surface area contributed by atoms with Gasteiger partial charge in [0.1, 0.15) is 5.78 Å². The lowest BCUT2D eigenvalue weighted by atomic mass is 9.93. The van der Waals surface area contributed by atoms with E-state index in [-0.39, 0.29) is 6.42 Å². The number of rotatable bonds is 9. The van der Waals surface area contributed by atoms with Crippen LogP contribution < -0.4 is 5.32 Å². The molecule has 0 aliphatic rings. The predicted molar refractivity (Wildman–Crippen MR) is 75.1 cm³/mol. The number of carbonyl (C=O) groups excluding carboxylic acids is 3. The second-order valence-electron chi connectivity index (χ2n) is 4.84. The summed E-state index contributed by atoms with van der Waals surface area (Å²) in [5.74, 6) is -5.87. The van der Waals surface area contributed by atoms with Crippen LogP contribution in [-0.4, -0.2) is 35.5 Å². The lowest BCUT2D eigenvalue weighted by molar-refractivity contribution is -0.176. The van der Waals surface area contributed by atoms with Crippen molar-refractivity contribution in [2.24, 2.45) is 11.8 Å². The molecule has 4 nitrogen and oxygen atoms in total. The predicted octanol–water partition coefficient (Wildman–Crippen LogP) is 2.64. The molecular formula is C13H19BrF3NO3. The second-order valence-corrected chi connectivity index (χ2v) is 5.64. The normalized spacial score (nSPS) is 14.4. The molecule has 0 aromatic carbocycles. The van der Waals surface area contributed by atoms with Crippen molar-refractivity contribution in [2.45, 2.75) is 39.3 Å². The maximum absolute atomic E-state index is 12.2. The number of amides is 1. The maximum Gasteiger partial charge on any atom is 0.450 e. The molecule has 0 aromatic heterocycles. The Hall–Kier alpha value is -0.920. The number of halogens is 4. The molecule has 0 fully saturated rings. The molecule has 21 heavy (non-hydrogen) atoms. The van der Waals surface area contributed by atoms with E-state index in [2.05, 4.69) is 21.2 Å². The average Bonchev–Trinajstić information content (AvgIpc) is 2.40. The van der Waals surface area contributed by atoms with E-state index in [0.29, 0.717) is 6.54 Å². The van der Waals surface area contributed by atoms with E-state index < -0.39 is 35.5 Å². The third-order valence-electron chi connectivity index (χ3n) is 2.97. The molecule has 0 aromatic rings. The summed E-state index contributed by atoms with van der Waals surface area (Å²) in [6.45, 7) is 2.81. The molecule has 0 heterocycles. The van der Waals surface area contributed by atoms with Gasteiger partial charge in [0.15, 0.2) is 0 Å². The SMILES string of the molecule is C[C@@H](C(=O)C[C@@H](C)C(=O)NCCCCBr)C(=O)C(F)(F)F. The van der Waals surface area contributed by atoms with Crippen LogP contribution in [-0.2, 0) is 14.4 Å². The quantitative estimate of drug-likeness (QED) is 0.384. The molecule has 8 heteroatoms. The fraction of sp³-hybridized carbons (Fsp3) is 0.769. The Morgan fingerprint density at radius 3 is 2.19 bits per heavy atom. The molecule has 0 saturated carbocycles. The van der Waals surface area contributed by atoms with Crippen molar-refractivity contribution >= 4 is 33.4 Å². The summed E-state index contributed by atoms with van der Waals surface area (Å²) in [7, 11) is 0. The molecule has 0 aliphatic carbocycles. The van der Waals surface area contributed by atoms with Gasteiger partial charge < -0.3 is 5.32 Å². The molecule has 0 aliphatic heterocycles. The van der Waals surface area contributed by atoms with Crippen molar-refractivity contribution in [2.75, 3.05) is 11.9 Å². The van der Waals surface area contributed by atoms with Crippen molar-refractivity contribution < 1.29 is 27.6 Å². The molecule has 0 radical (unpaired) electrons. The van der Waals surface area contributed by atoms with Gasteiger partial charge in [0.05, 0.1) is 5.92 Å². The van der Waals surface area contributed by atoms with Crippen LogP contribution in [0.25, 0.3) is 0 Å². The molecule has 0 unspecified atom stereocenters. The molecule has 0 spiro atoms. The highest BCUT2D eigenvalue weighted by Crippen LogP contribution is 2.22. The first-order chi connectivity index (χ1) is 9.61. The fourth-order valence-corrected chi connectivity index (χ4v) is 1.96. The number of unbranched alkanes of at least 4 members (excludes halogenated alkanes) is 1. The summed E-state index contributed by atoms with van der Waals surface area (Å²) in [5.41, 5.74) is 0. The Balaban J connectivity index is 4.31. The van der Waals surface area contributed by atoms with Crippen LogP contribution in [0.5, 0.6) is 0 Å². The van der Waals surface area contributed by atoms with Crippen molar-refractivity contribution in [1.82, 2.24) is 5.32 Å². The van der Waals surface area contributed by atoms with Crippen molar-refractivity contribution in [3.8, 4) is 0 Å². The van der Waals surface area contributed by atoms with E-state index >= 15 is 0 Å². The zero-order chi connectivity index (χ0) is 16.6. The molecule has 1 N–H and O–H groups in total. The van der Waals surface area contributed by atoms with Gasteiger partial charge in [0.2, 0.25) is 11.7 Å². The Labute approximate surface area is 130 Å². The summed E-state index contributed by atoms with van der Waals surface area (Å²) in [5, 5.41) is 3.42. The number of carbonyl (C=O) groups is 3. The average molecular weight is 374 g/mol. The Morgan fingerprint density at radius 2 is 1.71 bits per heavy atom.